The Kier molecular flexibility index (Phi) is 14.9. The Labute approximate surface area is 287 Å². The second-order valence-electron chi connectivity index (χ2n) is 13.3. The van der Waals surface area contributed by atoms with Crippen molar-refractivity contribution in [1.82, 2.24) is 15.0 Å². The molecule has 13 heteroatoms. The molecule has 13 nitrogen and oxygen atoms in total. The summed E-state index contributed by atoms with van der Waals surface area (Å²) in [6, 6.07) is 0. The number of fused-ring (bicyclic) bond motifs is 1. The quantitative estimate of drug-likeness (QED) is 0.156. The fourth-order valence-corrected chi connectivity index (χ4v) is 5.12. The molecule has 0 bridgehead atoms. The summed E-state index contributed by atoms with van der Waals surface area (Å²) in [5, 5.41) is 55.1. The van der Waals surface area contributed by atoms with Gasteiger partial charge in [0.05, 0.1) is 36.9 Å². The first-order chi connectivity index (χ1) is 22.8. The summed E-state index contributed by atoms with van der Waals surface area (Å²) in [6.07, 6.45) is 6.46. The molecule has 0 aliphatic carbocycles. The Hall–Kier alpha value is -4.33. The summed E-state index contributed by atoms with van der Waals surface area (Å²) in [5.74, 6) is -3.25. The molecule has 1 aliphatic rings. The van der Waals surface area contributed by atoms with Gasteiger partial charge in [0.1, 0.15) is 17.2 Å². The van der Waals surface area contributed by atoms with E-state index < -0.39 is 30.3 Å². The maximum Gasteiger partial charge on any atom is 0.318 e. The number of rotatable bonds is 10. The van der Waals surface area contributed by atoms with Gasteiger partial charge in [0, 0.05) is 49.1 Å². The van der Waals surface area contributed by atoms with E-state index in [0.29, 0.717) is 29.7 Å². The molecule has 0 atom stereocenters. The van der Waals surface area contributed by atoms with Gasteiger partial charge >= 0.3 is 11.9 Å². The van der Waals surface area contributed by atoms with Gasteiger partial charge < -0.3 is 40.1 Å². The normalized spacial score (nSPS) is 13.2. The number of aliphatic carboxylic acids is 2. The van der Waals surface area contributed by atoms with Crippen LogP contribution in [0.3, 0.4) is 0 Å². The van der Waals surface area contributed by atoms with Crippen molar-refractivity contribution >= 4 is 11.9 Å². The standard InChI is InChI=1S/C14H21NO2.C11H13NO6.C11H17NO2/c1-9(2)6-11-7-15-10(3)13-12(11)8-16-14(4,5)17-13;1-5-9(14)8(4-13)6(3-12-5)2-7(10(15)16)11(17)18;1-7(2)4-9-5-12-8(3)11(14)10(9)6-13/h7,9H,6,8H2,1-5H3;3,7,13-14H,2,4H2,1H3,(H,15,16)(H,17,18);5,7,13-14H,4,6H2,1-3H3. The number of hydrogen-bond donors (Lipinski definition) is 6. The van der Waals surface area contributed by atoms with Crippen molar-refractivity contribution in [1.29, 1.82) is 0 Å². The van der Waals surface area contributed by atoms with Crippen LogP contribution in [0, 0.1) is 38.5 Å². The van der Waals surface area contributed by atoms with E-state index in [-0.39, 0.29) is 41.3 Å². The fourth-order valence-electron chi connectivity index (χ4n) is 5.12. The van der Waals surface area contributed by atoms with Gasteiger partial charge in [-0.15, -0.1) is 0 Å². The second-order valence-corrected chi connectivity index (χ2v) is 13.3. The van der Waals surface area contributed by atoms with E-state index in [4.69, 9.17) is 29.9 Å². The number of hydrogen-bond acceptors (Lipinski definition) is 11. The number of aromatic hydroxyl groups is 2. The highest BCUT2D eigenvalue weighted by Crippen LogP contribution is 2.36. The maximum absolute atomic E-state index is 10.8. The Morgan fingerprint density at radius 2 is 1.14 bits per heavy atom. The third-order valence-electron chi connectivity index (χ3n) is 7.77. The zero-order chi connectivity index (χ0) is 37.2. The lowest BCUT2D eigenvalue weighted by Crippen LogP contribution is -2.36. The molecule has 0 fully saturated rings. The topological polar surface area (TPSA) is 213 Å². The highest BCUT2D eigenvalue weighted by Gasteiger charge is 2.31. The monoisotopic (exact) mass is 685 g/mol. The van der Waals surface area contributed by atoms with E-state index in [1.54, 1.807) is 13.1 Å². The van der Waals surface area contributed by atoms with Crippen molar-refractivity contribution in [3.8, 4) is 17.2 Å². The molecule has 0 radical (unpaired) electrons. The van der Waals surface area contributed by atoms with Gasteiger partial charge in [0.25, 0.3) is 0 Å². The molecule has 0 aromatic carbocycles. The van der Waals surface area contributed by atoms with Gasteiger partial charge in [0.2, 0.25) is 5.79 Å². The first-order valence-electron chi connectivity index (χ1n) is 16.1. The zero-order valence-electron chi connectivity index (χ0n) is 29.9. The lowest BCUT2D eigenvalue weighted by Gasteiger charge is -2.34. The summed E-state index contributed by atoms with van der Waals surface area (Å²) in [7, 11) is 0. The molecule has 0 spiro atoms. The first kappa shape index (κ1) is 40.8. The fraction of sp³-hybridized carbons (Fsp3) is 0.528. The summed E-state index contributed by atoms with van der Waals surface area (Å²) in [5.41, 5.74) is 6.08. The van der Waals surface area contributed by atoms with Crippen LogP contribution >= 0.6 is 0 Å². The molecule has 4 rings (SSSR count). The van der Waals surface area contributed by atoms with Crippen LogP contribution in [0.15, 0.2) is 18.6 Å². The Morgan fingerprint density at radius 1 is 0.735 bits per heavy atom. The van der Waals surface area contributed by atoms with Gasteiger partial charge in [-0.3, -0.25) is 24.5 Å². The van der Waals surface area contributed by atoms with Gasteiger partial charge in [0.15, 0.2) is 5.92 Å². The number of carbonyl (C=O) groups is 2. The minimum atomic E-state index is -1.64. The lowest BCUT2D eigenvalue weighted by molar-refractivity contribution is -0.180. The van der Waals surface area contributed by atoms with E-state index in [9.17, 15) is 19.8 Å². The number of aromatic nitrogens is 3. The number of carboxylic acid groups (broad SMARTS) is 2. The summed E-state index contributed by atoms with van der Waals surface area (Å²) in [6.45, 7) is 17.7. The molecule has 0 saturated carbocycles. The van der Waals surface area contributed by atoms with Crippen LogP contribution in [0.2, 0.25) is 0 Å². The van der Waals surface area contributed by atoms with Gasteiger partial charge in [-0.2, -0.15) is 0 Å². The Bertz CT molecular complexity index is 1590. The lowest BCUT2D eigenvalue weighted by atomic mass is 9.96. The average Bonchev–Trinajstić information content (AvgIpc) is 3.00. The van der Waals surface area contributed by atoms with E-state index in [1.807, 2.05) is 27.0 Å². The molecule has 0 unspecified atom stereocenters. The predicted octanol–water partition coefficient (Wildman–Crippen LogP) is 4.94. The number of aliphatic hydroxyl groups excluding tert-OH is 2. The third kappa shape index (κ3) is 11.4. The van der Waals surface area contributed by atoms with E-state index in [1.165, 1.54) is 24.2 Å². The number of aryl methyl sites for hydroxylation is 3. The van der Waals surface area contributed by atoms with E-state index in [2.05, 4.69) is 42.6 Å². The zero-order valence-corrected chi connectivity index (χ0v) is 29.9. The number of nitrogens with zero attached hydrogens (tertiary/aromatic N) is 3. The molecule has 3 aromatic heterocycles. The molecule has 0 saturated heterocycles. The van der Waals surface area contributed by atoms with Crippen LogP contribution in [0.1, 0.15) is 92.0 Å². The maximum atomic E-state index is 10.8. The van der Waals surface area contributed by atoms with Gasteiger partial charge in [-0.1, -0.05) is 27.7 Å². The first-order valence-corrected chi connectivity index (χ1v) is 16.1. The molecular formula is C36H51N3O10. The molecular weight excluding hydrogens is 634 g/mol. The number of aliphatic hydroxyl groups is 2. The molecule has 270 valence electrons. The number of carboxylic acids is 2. The van der Waals surface area contributed by atoms with Gasteiger partial charge in [-0.05, 0) is 68.6 Å². The van der Waals surface area contributed by atoms with Crippen molar-refractivity contribution in [3.63, 3.8) is 0 Å². The van der Waals surface area contributed by atoms with Crippen LogP contribution in [0.5, 0.6) is 17.2 Å². The molecule has 49 heavy (non-hydrogen) atoms. The number of pyridine rings is 3. The van der Waals surface area contributed by atoms with Crippen molar-refractivity contribution < 1.29 is 49.7 Å². The van der Waals surface area contributed by atoms with Crippen LogP contribution in [-0.4, -0.2) is 63.3 Å². The molecule has 6 N–H and O–H groups in total. The largest absolute Gasteiger partial charge is 0.506 e. The van der Waals surface area contributed by atoms with Crippen molar-refractivity contribution in [2.45, 2.75) is 107 Å². The Balaban J connectivity index is 0.000000257. The molecule has 4 heterocycles. The minimum Gasteiger partial charge on any atom is -0.506 e. The van der Waals surface area contributed by atoms with Crippen LogP contribution < -0.4 is 4.74 Å². The summed E-state index contributed by atoms with van der Waals surface area (Å²) >= 11 is 0. The summed E-state index contributed by atoms with van der Waals surface area (Å²) in [4.78, 5) is 33.9. The average molecular weight is 686 g/mol. The highest BCUT2D eigenvalue weighted by atomic mass is 16.7. The van der Waals surface area contributed by atoms with Crippen LogP contribution in [-0.2, 0) is 53.4 Å². The Morgan fingerprint density at radius 3 is 1.57 bits per heavy atom. The van der Waals surface area contributed by atoms with Crippen molar-refractivity contribution in [2.24, 2.45) is 17.8 Å². The predicted molar refractivity (Wildman–Crippen MR) is 181 cm³/mol. The SMILES string of the molecule is Cc1ncc(CC(C(=O)O)C(=O)O)c(CO)c1O.Cc1ncc(CC(C)C)c(CO)c1O.Cc1ncc(CC(C)C)c2c1OC(C)(C)OC2. The third-order valence-corrected chi connectivity index (χ3v) is 7.77. The van der Waals surface area contributed by atoms with E-state index >= 15 is 0 Å². The van der Waals surface area contributed by atoms with Crippen LogP contribution in [0.4, 0.5) is 0 Å². The van der Waals surface area contributed by atoms with E-state index in [0.717, 1.165) is 29.8 Å². The van der Waals surface area contributed by atoms with Crippen LogP contribution in [0.25, 0.3) is 0 Å². The molecule has 3 aromatic rings. The molecule has 0 amide bonds. The smallest absolute Gasteiger partial charge is 0.318 e. The minimum absolute atomic E-state index is 0.106. The van der Waals surface area contributed by atoms with Gasteiger partial charge in [-0.25, -0.2) is 0 Å². The second kappa shape index (κ2) is 17.9. The summed E-state index contributed by atoms with van der Waals surface area (Å²) < 4.78 is 11.6. The van der Waals surface area contributed by atoms with Crippen molar-refractivity contribution in [3.05, 3.63) is 69.1 Å². The van der Waals surface area contributed by atoms with Crippen molar-refractivity contribution in [2.75, 3.05) is 0 Å². The number of ether oxygens (including phenoxy) is 2. The molecule has 1 aliphatic heterocycles. The highest BCUT2D eigenvalue weighted by molar-refractivity contribution is 5.93.